The highest BCUT2D eigenvalue weighted by Crippen LogP contribution is 2.30. The van der Waals surface area contributed by atoms with Crippen molar-refractivity contribution in [3.8, 4) is 22.5 Å². The van der Waals surface area contributed by atoms with Gasteiger partial charge in [-0.05, 0) is 104 Å². The molecule has 0 amide bonds. The van der Waals surface area contributed by atoms with Crippen LogP contribution in [0.1, 0.15) is 16.7 Å². The fourth-order valence-corrected chi connectivity index (χ4v) is 8.60. The Labute approximate surface area is 470 Å². The molecule has 0 aliphatic carbocycles. The van der Waals surface area contributed by atoms with Crippen LogP contribution < -0.4 is 27.1 Å². The first-order valence-corrected chi connectivity index (χ1v) is 25.7. The lowest BCUT2D eigenvalue weighted by Gasteiger charge is -2.10. The number of nitrogens with two attached hydrogens (primary N) is 1. The maximum absolute atomic E-state index is 9.05. The maximum atomic E-state index is 9.05. The van der Waals surface area contributed by atoms with E-state index in [9.17, 15) is 0 Å². The lowest BCUT2D eigenvalue weighted by molar-refractivity contribution is 0.426. The first kappa shape index (κ1) is 54.6. The van der Waals surface area contributed by atoms with Crippen LogP contribution in [0.15, 0.2) is 201 Å². The van der Waals surface area contributed by atoms with Crippen LogP contribution in [-0.4, -0.2) is 62.0 Å². The lowest BCUT2D eigenvalue weighted by atomic mass is 9.78. The van der Waals surface area contributed by atoms with Gasteiger partial charge in [0.25, 0.3) is 0 Å². The maximum Gasteiger partial charge on any atom is 0.489 e. The number of para-hydroxylation sites is 3. The summed E-state index contributed by atoms with van der Waals surface area (Å²) in [6.45, 7) is 6.12. The Hall–Kier alpha value is -9.16. The minimum Gasteiger partial charge on any atom is -0.423 e. The largest absolute Gasteiger partial charge is 0.489 e. The molecule has 6 aromatic carbocycles. The number of halogens is 3. The van der Waals surface area contributed by atoms with Crippen molar-refractivity contribution in [3.63, 3.8) is 0 Å². The van der Waals surface area contributed by atoms with E-state index in [4.69, 9.17) is 50.6 Å². The monoisotopic (exact) mass is 1100 g/mol. The SMILES string of the molecule is Cc1ccc(Nc2nc(Cl)cc(-c3ccnc4ccccc34)n2)cc1.Cc1ccc(Nc2nc(Cl)cc(Cl)n2)cc1.Cc1ccc(Nc2nc(N)cc(-c3ccnc4ccccc34)n2)cc1.OB(O)c1ccnc2ccccc12. The number of hydrogen-bond acceptors (Lipinski definition) is 15. The number of aryl methyl sites for hydroxylation is 3. The van der Waals surface area contributed by atoms with Crippen LogP contribution in [0.25, 0.3) is 55.2 Å². The van der Waals surface area contributed by atoms with Crippen molar-refractivity contribution in [2.24, 2.45) is 0 Å². The highest BCUT2D eigenvalue weighted by molar-refractivity contribution is 6.61. The van der Waals surface area contributed by atoms with Crippen molar-refractivity contribution < 1.29 is 10.0 Å². The highest BCUT2D eigenvalue weighted by atomic mass is 35.5. The smallest absolute Gasteiger partial charge is 0.423 e. The second-order valence-corrected chi connectivity index (χ2v) is 18.9. The fourth-order valence-electron chi connectivity index (χ4n) is 8.00. The van der Waals surface area contributed by atoms with Gasteiger partial charge in [0.1, 0.15) is 21.3 Å². The molecule has 390 valence electrons. The van der Waals surface area contributed by atoms with E-state index in [1.54, 1.807) is 36.8 Å². The minimum atomic E-state index is -1.44. The van der Waals surface area contributed by atoms with Crippen molar-refractivity contribution in [3.05, 3.63) is 233 Å². The van der Waals surface area contributed by atoms with Crippen LogP contribution >= 0.6 is 34.8 Å². The molecule has 12 aromatic rings. The highest BCUT2D eigenvalue weighted by Gasteiger charge is 2.15. The summed E-state index contributed by atoms with van der Waals surface area (Å²) in [5.74, 6) is 1.74. The zero-order valence-electron chi connectivity index (χ0n) is 42.8. The topological polar surface area (TPSA) is 219 Å². The Balaban J connectivity index is 0.000000132. The third kappa shape index (κ3) is 14.9. The van der Waals surface area contributed by atoms with E-state index in [1.807, 2.05) is 178 Å². The predicted molar refractivity (Wildman–Crippen MR) is 322 cm³/mol. The van der Waals surface area contributed by atoms with Gasteiger partial charge in [0, 0.05) is 75.8 Å². The van der Waals surface area contributed by atoms with E-state index in [2.05, 4.69) is 60.8 Å². The second kappa shape index (κ2) is 25.8. The van der Waals surface area contributed by atoms with E-state index in [0.717, 1.165) is 72.3 Å². The average Bonchev–Trinajstić information content (AvgIpc) is 3.44. The van der Waals surface area contributed by atoms with Crippen LogP contribution in [0.3, 0.4) is 0 Å². The zero-order valence-corrected chi connectivity index (χ0v) is 45.0. The van der Waals surface area contributed by atoms with Gasteiger partial charge in [-0.3, -0.25) is 15.0 Å². The summed E-state index contributed by atoms with van der Waals surface area (Å²) >= 11 is 17.8. The van der Waals surface area contributed by atoms with Crippen molar-refractivity contribution >= 4 is 121 Å². The van der Waals surface area contributed by atoms with Crippen LogP contribution in [0.5, 0.6) is 0 Å². The van der Waals surface area contributed by atoms with Gasteiger partial charge in [0.05, 0.1) is 27.9 Å². The number of pyridine rings is 3. The van der Waals surface area contributed by atoms with Gasteiger partial charge in [-0.2, -0.15) is 4.98 Å². The van der Waals surface area contributed by atoms with Gasteiger partial charge in [-0.25, -0.2) is 24.9 Å². The Kier molecular flexibility index (Phi) is 17.8. The van der Waals surface area contributed by atoms with Gasteiger partial charge in [-0.1, -0.05) is 142 Å². The first-order chi connectivity index (χ1) is 38.3. The van der Waals surface area contributed by atoms with Crippen LogP contribution in [0.2, 0.25) is 15.5 Å². The Morgan fingerprint density at radius 1 is 0.392 bits per heavy atom. The third-order valence-corrected chi connectivity index (χ3v) is 12.4. The minimum absolute atomic E-state index is 0.314. The lowest BCUT2D eigenvalue weighted by Crippen LogP contribution is -2.30. The summed E-state index contributed by atoms with van der Waals surface area (Å²) < 4.78 is 0. The molecule has 7 N–H and O–H groups in total. The molecule has 6 aromatic heterocycles. The molecule has 0 radical (unpaired) electrons. The predicted octanol–water partition coefficient (Wildman–Crippen LogP) is 13.5. The van der Waals surface area contributed by atoms with Crippen molar-refractivity contribution in [1.29, 1.82) is 0 Å². The molecule has 0 unspecified atom stereocenters. The molecule has 19 heteroatoms. The molecule has 0 fully saturated rings. The number of nitrogens with one attached hydrogen (secondary N) is 3. The van der Waals surface area contributed by atoms with E-state index in [-0.39, 0.29) is 0 Å². The zero-order chi connectivity index (χ0) is 55.3. The molecule has 79 heavy (non-hydrogen) atoms. The molecular formula is C60H49BCl3N13O2. The number of aromatic nitrogens is 9. The van der Waals surface area contributed by atoms with Gasteiger partial charge >= 0.3 is 7.12 Å². The number of nitrogen functional groups attached to an aromatic ring is 1. The first-order valence-electron chi connectivity index (χ1n) is 24.6. The van der Waals surface area contributed by atoms with Gasteiger partial charge in [0.15, 0.2) is 0 Å². The van der Waals surface area contributed by atoms with E-state index < -0.39 is 7.12 Å². The number of anilines is 7. The summed E-state index contributed by atoms with van der Waals surface area (Å²) in [5.41, 5.74) is 18.9. The molecule has 0 saturated carbocycles. The number of hydrogen-bond donors (Lipinski definition) is 6. The number of benzene rings is 6. The fraction of sp³-hybridized carbons (Fsp3) is 0.0500. The summed E-state index contributed by atoms with van der Waals surface area (Å²) in [7, 11) is -1.44. The van der Waals surface area contributed by atoms with Gasteiger partial charge in [-0.15, -0.1) is 0 Å². The Morgan fingerprint density at radius 3 is 1.19 bits per heavy atom. The molecule has 0 atom stereocenters. The summed E-state index contributed by atoms with van der Waals surface area (Å²) in [4.78, 5) is 38.8. The molecule has 0 aliphatic heterocycles. The van der Waals surface area contributed by atoms with Crippen LogP contribution in [-0.2, 0) is 0 Å². The average molecular weight is 1100 g/mol. The second-order valence-electron chi connectivity index (χ2n) is 17.8. The van der Waals surface area contributed by atoms with E-state index >= 15 is 0 Å². The number of fused-ring (bicyclic) bond motifs is 3. The molecule has 0 spiro atoms. The Morgan fingerprint density at radius 2 is 0.747 bits per heavy atom. The summed E-state index contributed by atoms with van der Waals surface area (Å²) in [6.07, 6.45) is 5.13. The van der Waals surface area contributed by atoms with Gasteiger partial charge in [0.2, 0.25) is 17.8 Å². The number of rotatable bonds is 9. The molecular weight excluding hydrogens is 1050 g/mol. The molecule has 15 nitrogen and oxygen atoms in total. The molecule has 12 rings (SSSR count). The molecule has 0 aliphatic rings. The van der Waals surface area contributed by atoms with Crippen LogP contribution in [0.4, 0.5) is 40.7 Å². The third-order valence-electron chi connectivity index (χ3n) is 11.8. The summed E-state index contributed by atoms with van der Waals surface area (Å²) in [5, 5.41) is 31.4. The van der Waals surface area contributed by atoms with Crippen molar-refractivity contribution in [1.82, 2.24) is 44.9 Å². The van der Waals surface area contributed by atoms with Crippen molar-refractivity contribution in [2.45, 2.75) is 20.8 Å². The van der Waals surface area contributed by atoms with Crippen LogP contribution in [0, 0.1) is 20.8 Å². The molecule has 0 bridgehead atoms. The Bertz CT molecular complexity index is 3820. The van der Waals surface area contributed by atoms with Gasteiger partial charge < -0.3 is 31.7 Å². The van der Waals surface area contributed by atoms with Crippen molar-refractivity contribution in [2.75, 3.05) is 21.7 Å². The van der Waals surface area contributed by atoms with E-state index in [1.165, 1.54) is 22.8 Å². The molecule has 0 saturated heterocycles. The number of nitrogens with zero attached hydrogens (tertiary/aromatic N) is 9. The quantitative estimate of drug-likeness (QED) is 0.0585. The standard InChI is InChI=1S/C20H15ClN4.C20H17N5.C11H9Cl2N3.C9H8BNO2/c2*1-13-6-8-14(9-7-13)23-20-24-18(12-19(21)25-20)16-10-11-22-17-5-3-2-4-15(16)17;1-7-2-4-8(5-3-7)14-11-15-9(12)6-10(13)16-11;12-10(13)8-5-6-11-9-4-2-1-3-7(8)9/h2-12H,1H3,(H,23,24,25);2-12H,1H3,(H3,21,23,24,25);2-6H,1H3,(H,14,15,16);1-6,12-13H. The summed E-state index contributed by atoms with van der Waals surface area (Å²) in [6, 6.07) is 57.8. The normalized spacial score (nSPS) is 10.6. The van der Waals surface area contributed by atoms with E-state index in [0.29, 0.717) is 44.6 Å². The molecule has 6 heterocycles.